The Balaban J connectivity index is 1.95. The topological polar surface area (TPSA) is 35.8 Å². The Morgan fingerprint density at radius 2 is 2.00 bits per heavy atom. The summed E-state index contributed by atoms with van der Waals surface area (Å²) < 4.78 is 0. The van der Waals surface area contributed by atoms with Gasteiger partial charge in [-0.2, -0.15) is 5.26 Å². The van der Waals surface area contributed by atoms with E-state index in [0.29, 0.717) is 0 Å². The summed E-state index contributed by atoms with van der Waals surface area (Å²) in [5.41, 5.74) is 1.94. The van der Waals surface area contributed by atoms with Crippen LogP contribution in [0.25, 0.3) is 0 Å². The zero-order valence-electron chi connectivity index (χ0n) is 11.3. The van der Waals surface area contributed by atoms with Crippen LogP contribution in [-0.2, 0) is 12.0 Å². The highest BCUT2D eigenvalue weighted by molar-refractivity contribution is 7.10. The summed E-state index contributed by atoms with van der Waals surface area (Å²) in [6, 6.07) is 14.2. The van der Waals surface area contributed by atoms with Gasteiger partial charge in [-0.25, -0.2) is 0 Å². The zero-order valence-corrected chi connectivity index (χ0v) is 12.1. The molecule has 0 saturated carbocycles. The van der Waals surface area contributed by atoms with E-state index >= 15 is 0 Å². The molecular formula is C16H18N2S. The summed E-state index contributed by atoms with van der Waals surface area (Å²) in [7, 11) is 0. The number of nitrogens with zero attached hydrogens (tertiary/aromatic N) is 1. The number of nitriles is 1. The highest BCUT2D eigenvalue weighted by Crippen LogP contribution is 2.26. The van der Waals surface area contributed by atoms with Gasteiger partial charge in [0.1, 0.15) is 0 Å². The van der Waals surface area contributed by atoms with Crippen LogP contribution in [-0.4, -0.2) is 6.54 Å². The molecule has 19 heavy (non-hydrogen) atoms. The molecule has 2 nitrogen and oxygen atoms in total. The van der Waals surface area contributed by atoms with Crippen molar-refractivity contribution in [3.8, 4) is 6.07 Å². The van der Waals surface area contributed by atoms with E-state index in [4.69, 9.17) is 5.26 Å². The highest BCUT2D eigenvalue weighted by atomic mass is 32.1. The third kappa shape index (κ3) is 3.44. The molecule has 0 unspecified atom stereocenters. The molecule has 0 spiro atoms. The second kappa shape index (κ2) is 6.01. The maximum Gasteiger partial charge on any atom is 0.0995 e. The SMILES string of the molecule is CC(C)(CNCc1ccccc1C#N)c1cccs1. The first-order valence-electron chi connectivity index (χ1n) is 6.36. The van der Waals surface area contributed by atoms with E-state index in [0.717, 1.165) is 24.2 Å². The van der Waals surface area contributed by atoms with Gasteiger partial charge in [0.25, 0.3) is 0 Å². The van der Waals surface area contributed by atoms with Crippen molar-refractivity contribution >= 4 is 11.3 Å². The molecule has 2 aromatic rings. The van der Waals surface area contributed by atoms with Crippen LogP contribution in [0.1, 0.15) is 29.9 Å². The normalized spacial score (nSPS) is 11.2. The number of rotatable bonds is 5. The number of hydrogen-bond donors (Lipinski definition) is 1. The van der Waals surface area contributed by atoms with E-state index in [1.165, 1.54) is 4.88 Å². The van der Waals surface area contributed by atoms with E-state index in [-0.39, 0.29) is 5.41 Å². The van der Waals surface area contributed by atoms with Crippen molar-refractivity contribution in [2.75, 3.05) is 6.54 Å². The summed E-state index contributed by atoms with van der Waals surface area (Å²) in [5.74, 6) is 0. The van der Waals surface area contributed by atoms with Gasteiger partial charge in [0.2, 0.25) is 0 Å². The molecule has 3 heteroatoms. The first-order chi connectivity index (χ1) is 9.13. The van der Waals surface area contributed by atoms with Crippen LogP contribution in [0.3, 0.4) is 0 Å². The second-order valence-electron chi connectivity index (χ2n) is 5.23. The van der Waals surface area contributed by atoms with Gasteiger partial charge in [-0.15, -0.1) is 11.3 Å². The molecule has 2 rings (SSSR count). The molecule has 0 atom stereocenters. The fourth-order valence-electron chi connectivity index (χ4n) is 2.04. The molecular weight excluding hydrogens is 252 g/mol. The minimum atomic E-state index is 0.121. The van der Waals surface area contributed by atoms with E-state index in [1.54, 1.807) is 11.3 Å². The van der Waals surface area contributed by atoms with Crippen LogP contribution in [0.2, 0.25) is 0 Å². The lowest BCUT2D eigenvalue weighted by Crippen LogP contribution is -2.32. The molecule has 1 heterocycles. The largest absolute Gasteiger partial charge is 0.312 e. The summed E-state index contributed by atoms with van der Waals surface area (Å²) >= 11 is 1.79. The van der Waals surface area contributed by atoms with Crippen LogP contribution < -0.4 is 5.32 Å². The van der Waals surface area contributed by atoms with E-state index in [1.807, 2.05) is 24.3 Å². The van der Waals surface area contributed by atoms with Gasteiger partial charge >= 0.3 is 0 Å². The van der Waals surface area contributed by atoms with Gasteiger partial charge in [-0.3, -0.25) is 0 Å². The summed E-state index contributed by atoms with van der Waals surface area (Å²) in [6.45, 7) is 6.11. The van der Waals surface area contributed by atoms with Gasteiger partial charge in [0.15, 0.2) is 0 Å². The Labute approximate surface area is 118 Å². The average Bonchev–Trinajstić information content (AvgIpc) is 2.94. The van der Waals surface area contributed by atoms with Crippen molar-refractivity contribution in [1.82, 2.24) is 5.32 Å². The van der Waals surface area contributed by atoms with Gasteiger partial charge in [-0.05, 0) is 23.1 Å². The standard InChI is InChI=1S/C16H18N2S/c1-16(2,15-8-5-9-19-15)12-18-11-14-7-4-3-6-13(14)10-17/h3-9,18H,11-12H2,1-2H3. The molecule has 0 radical (unpaired) electrons. The van der Waals surface area contributed by atoms with E-state index in [9.17, 15) is 0 Å². The molecule has 0 aliphatic rings. The Morgan fingerprint density at radius 1 is 1.21 bits per heavy atom. The lowest BCUT2D eigenvalue weighted by Gasteiger charge is -2.24. The van der Waals surface area contributed by atoms with Crippen LogP contribution in [0.5, 0.6) is 0 Å². The molecule has 98 valence electrons. The predicted molar refractivity (Wildman–Crippen MR) is 80.2 cm³/mol. The van der Waals surface area contributed by atoms with Crippen molar-refractivity contribution in [1.29, 1.82) is 5.26 Å². The maximum absolute atomic E-state index is 9.05. The Hall–Kier alpha value is -1.63. The number of nitrogens with one attached hydrogen (secondary N) is 1. The molecule has 0 fully saturated rings. The van der Waals surface area contributed by atoms with E-state index < -0.39 is 0 Å². The van der Waals surface area contributed by atoms with Crippen LogP contribution >= 0.6 is 11.3 Å². The number of benzene rings is 1. The van der Waals surface area contributed by atoms with Gasteiger partial charge in [-0.1, -0.05) is 38.1 Å². The monoisotopic (exact) mass is 270 g/mol. The average molecular weight is 270 g/mol. The first-order valence-corrected chi connectivity index (χ1v) is 7.24. The fourth-order valence-corrected chi connectivity index (χ4v) is 2.90. The van der Waals surface area contributed by atoms with Gasteiger partial charge < -0.3 is 5.32 Å². The van der Waals surface area contributed by atoms with Gasteiger partial charge in [0.05, 0.1) is 11.6 Å². The van der Waals surface area contributed by atoms with Crippen LogP contribution in [0, 0.1) is 11.3 Å². The third-order valence-corrected chi connectivity index (χ3v) is 4.44. The molecule has 0 saturated heterocycles. The summed E-state index contributed by atoms with van der Waals surface area (Å²) in [6.07, 6.45) is 0. The van der Waals surface area contributed by atoms with Gasteiger partial charge in [0, 0.05) is 23.4 Å². The molecule has 0 aliphatic heterocycles. The highest BCUT2D eigenvalue weighted by Gasteiger charge is 2.21. The minimum absolute atomic E-state index is 0.121. The predicted octanol–water partition coefficient (Wildman–Crippen LogP) is 3.69. The third-order valence-electron chi connectivity index (χ3n) is 3.21. The Bertz CT molecular complexity index is 565. The fraction of sp³-hybridized carbons (Fsp3) is 0.312. The Morgan fingerprint density at radius 3 is 2.68 bits per heavy atom. The van der Waals surface area contributed by atoms with Crippen LogP contribution in [0.4, 0.5) is 0 Å². The summed E-state index contributed by atoms with van der Waals surface area (Å²) in [4.78, 5) is 1.38. The molecule has 1 aromatic heterocycles. The lowest BCUT2D eigenvalue weighted by atomic mass is 9.91. The van der Waals surface area contributed by atoms with Crippen molar-refractivity contribution in [3.63, 3.8) is 0 Å². The van der Waals surface area contributed by atoms with Crippen LogP contribution in [0.15, 0.2) is 41.8 Å². The minimum Gasteiger partial charge on any atom is -0.312 e. The number of thiophene rings is 1. The second-order valence-corrected chi connectivity index (χ2v) is 6.18. The van der Waals surface area contributed by atoms with Crippen molar-refractivity contribution in [2.45, 2.75) is 25.8 Å². The van der Waals surface area contributed by atoms with Crippen molar-refractivity contribution in [3.05, 3.63) is 57.8 Å². The zero-order chi connectivity index (χ0) is 13.7. The first kappa shape index (κ1) is 13.8. The number of hydrogen-bond acceptors (Lipinski definition) is 3. The summed E-state index contributed by atoms with van der Waals surface area (Å²) in [5, 5.41) is 14.6. The molecule has 1 aromatic carbocycles. The quantitative estimate of drug-likeness (QED) is 0.899. The lowest BCUT2D eigenvalue weighted by molar-refractivity contribution is 0.476. The molecule has 0 aliphatic carbocycles. The van der Waals surface area contributed by atoms with E-state index in [2.05, 4.69) is 42.7 Å². The van der Waals surface area contributed by atoms with Crippen molar-refractivity contribution < 1.29 is 0 Å². The van der Waals surface area contributed by atoms with Crippen molar-refractivity contribution in [2.24, 2.45) is 0 Å². The Kier molecular flexibility index (Phi) is 4.36. The molecule has 1 N–H and O–H groups in total. The smallest absolute Gasteiger partial charge is 0.0995 e. The maximum atomic E-state index is 9.05. The molecule has 0 amide bonds. The molecule has 0 bridgehead atoms.